The number of aryl methyl sites for hydroxylation is 2. The van der Waals surface area contributed by atoms with Gasteiger partial charge >= 0.3 is 5.69 Å². The van der Waals surface area contributed by atoms with Crippen LogP contribution in [-0.4, -0.2) is 27.3 Å². The van der Waals surface area contributed by atoms with Crippen molar-refractivity contribution in [3.63, 3.8) is 0 Å². The summed E-state index contributed by atoms with van der Waals surface area (Å²) in [6.45, 7) is 6.58. The van der Waals surface area contributed by atoms with Crippen molar-refractivity contribution >= 4 is 11.5 Å². The van der Waals surface area contributed by atoms with Crippen molar-refractivity contribution < 1.29 is 4.92 Å². The van der Waals surface area contributed by atoms with Gasteiger partial charge in [-0.15, -0.1) is 0 Å². The Bertz CT molecular complexity index is 402. The fraction of sp³-hybridized carbons (Fsp3) is 0.700. The summed E-state index contributed by atoms with van der Waals surface area (Å²) >= 11 is 0. The highest BCUT2D eigenvalue weighted by molar-refractivity contribution is 5.59. The van der Waals surface area contributed by atoms with Crippen molar-refractivity contribution in [2.24, 2.45) is 5.73 Å². The summed E-state index contributed by atoms with van der Waals surface area (Å²) in [6.07, 6.45) is 0.819. The number of hydrogen-bond donors (Lipinski definition) is 2. The second kappa shape index (κ2) is 5.62. The zero-order valence-electron chi connectivity index (χ0n) is 10.4. The molecule has 3 N–H and O–H groups in total. The molecule has 1 unspecified atom stereocenters. The number of nitro groups is 1. The molecule has 0 fully saturated rings. The van der Waals surface area contributed by atoms with Crippen LogP contribution in [0.15, 0.2) is 0 Å². The summed E-state index contributed by atoms with van der Waals surface area (Å²) in [5.41, 5.74) is 6.24. The Morgan fingerprint density at radius 3 is 2.71 bits per heavy atom. The van der Waals surface area contributed by atoms with Gasteiger partial charge in [-0.1, -0.05) is 6.92 Å². The molecule has 0 spiro atoms. The van der Waals surface area contributed by atoms with Crippen LogP contribution in [0.5, 0.6) is 0 Å². The Balaban J connectivity index is 2.98. The lowest BCUT2D eigenvalue weighted by atomic mass is 10.2. The van der Waals surface area contributed by atoms with E-state index in [0.717, 1.165) is 6.42 Å². The largest absolute Gasteiger partial charge is 0.363 e. The quantitative estimate of drug-likeness (QED) is 0.577. The summed E-state index contributed by atoms with van der Waals surface area (Å²) in [6, 6.07) is -0.0184. The predicted octanol–water partition coefficient (Wildman–Crippen LogP) is 1.27. The van der Waals surface area contributed by atoms with Crippen LogP contribution < -0.4 is 11.1 Å². The third-order valence-electron chi connectivity index (χ3n) is 2.63. The molecule has 0 saturated heterocycles. The maximum Gasteiger partial charge on any atom is 0.333 e. The summed E-state index contributed by atoms with van der Waals surface area (Å²) in [4.78, 5) is 10.6. The van der Waals surface area contributed by atoms with Gasteiger partial charge in [0.1, 0.15) is 5.69 Å². The molecule has 0 radical (unpaired) electrons. The first-order chi connectivity index (χ1) is 8.01. The molecule has 0 amide bonds. The van der Waals surface area contributed by atoms with Gasteiger partial charge in [0.15, 0.2) is 0 Å². The molecule has 1 aromatic rings. The highest BCUT2D eigenvalue weighted by Gasteiger charge is 2.24. The SMILES string of the molecule is CCC(N)CNc1c([N+](=O)[O-])c(C)nn1CC. The van der Waals surface area contributed by atoms with Crippen molar-refractivity contribution in [1.82, 2.24) is 9.78 Å². The molecule has 0 aliphatic carbocycles. The average Bonchev–Trinajstić information content (AvgIpc) is 2.62. The van der Waals surface area contributed by atoms with E-state index in [1.165, 1.54) is 0 Å². The Hall–Kier alpha value is -1.63. The lowest BCUT2D eigenvalue weighted by Gasteiger charge is -2.11. The van der Waals surface area contributed by atoms with Crippen molar-refractivity contribution in [2.75, 3.05) is 11.9 Å². The standard InChI is InChI=1S/C10H19N5O2/c1-4-8(11)6-12-10-9(15(16)17)7(3)13-14(10)5-2/h8,12H,4-6,11H2,1-3H3. The van der Waals surface area contributed by atoms with Crippen LogP contribution in [-0.2, 0) is 6.54 Å². The molecule has 0 bridgehead atoms. The first-order valence-corrected chi connectivity index (χ1v) is 5.72. The minimum atomic E-state index is -0.408. The van der Waals surface area contributed by atoms with Crippen LogP contribution in [0.2, 0.25) is 0 Å². The van der Waals surface area contributed by atoms with Crippen LogP contribution >= 0.6 is 0 Å². The molecule has 1 atom stereocenters. The van der Waals surface area contributed by atoms with E-state index >= 15 is 0 Å². The van der Waals surface area contributed by atoms with E-state index < -0.39 is 4.92 Å². The Morgan fingerprint density at radius 2 is 2.24 bits per heavy atom. The normalized spacial score (nSPS) is 12.5. The highest BCUT2D eigenvalue weighted by Crippen LogP contribution is 2.27. The van der Waals surface area contributed by atoms with Gasteiger partial charge in [-0.25, -0.2) is 4.68 Å². The van der Waals surface area contributed by atoms with E-state index in [9.17, 15) is 10.1 Å². The minimum absolute atomic E-state index is 0.0184. The topological polar surface area (TPSA) is 99.0 Å². The van der Waals surface area contributed by atoms with Crippen LogP contribution in [0.25, 0.3) is 0 Å². The third-order valence-corrected chi connectivity index (χ3v) is 2.63. The van der Waals surface area contributed by atoms with Crippen LogP contribution in [0.3, 0.4) is 0 Å². The first kappa shape index (κ1) is 13.4. The predicted molar refractivity (Wildman–Crippen MR) is 66.0 cm³/mol. The number of nitrogens with one attached hydrogen (secondary N) is 1. The van der Waals surface area contributed by atoms with Gasteiger partial charge in [0.05, 0.1) is 4.92 Å². The van der Waals surface area contributed by atoms with E-state index in [4.69, 9.17) is 5.73 Å². The van der Waals surface area contributed by atoms with E-state index in [1.807, 2.05) is 13.8 Å². The zero-order chi connectivity index (χ0) is 13.0. The molecule has 1 heterocycles. The van der Waals surface area contributed by atoms with Crippen molar-refractivity contribution in [3.05, 3.63) is 15.8 Å². The van der Waals surface area contributed by atoms with E-state index in [1.54, 1.807) is 11.6 Å². The number of aromatic nitrogens is 2. The Morgan fingerprint density at radius 1 is 1.59 bits per heavy atom. The third kappa shape index (κ3) is 2.94. The van der Waals surface area contributed by atoms with Gasteiger partial charge in [0.2, 0.25) is 5.82 Å². The van der Waals surface area contributed by atoms with Crippen LogP contribution in [0.1, 0.15) is 26.0 Å². The summed E-state index contributed by atoms with van der Waals surface area (Å²) in [5.74, 6) is 0.443. The van der Waals surface area contributed by atoms with E-state index in [-0.39, 0.29) is 11.7 Å². The molecule has 0 aromatic carbocycles. The molecule has 0 aliphatic rings. The maximum atomic E-state index is 11.0. The van der Waals surface area contributed by atoms with Crippen LogP contribution in [0, 0.1) is 17.0 Å². The van der Waals surface area contributed by atoms with E-state index in [0.29, 0.717) is 24.6 Å². The summed E-state index contributed by atoms with van der Waals surface area (Å²) in [5, 5.41) is 18.1. The number of hydrogen-bond acceptors (Lipinski definition) is 5. The lowest BCUT2D eigenvalue weighted by Crippen LogP contribution is -2.29. The fourth-order valence-corrected chi connectivity index (χ4v) is 1.57. The van der Waals surface area contributed by atoms with Crippen molar-refractivity contribution in [2.45, 2.75) is 39.8 Å². The Labute approximate surface area is 100 Å². The smallest absolute Gasteiger partial charge is 0.333 e. The van der Waals surface area contributed by atoms with Gasteiger partial charge in [-0.2, -0.15) is 5.10 Å². The average molecular weight is 241 g/mol. The van der Waals surface area contributed by atoms with Gasteiger partial charge in [0.25, 0.3) is 0 Å². The molecule has 7 heteroatoms. The zero-order valence-corrected chi connectivity index (χ0v) is 10.4. The minimum Gasteiger partial charge on any atom is -0.363 e. The molecule has 1 aromatic heterocycles. The molecule has 0 saturated carbocycles. The van der Waals surface area contributed by atoms with Gasteiger partial charge in [-0.3, -0.25) is 10.1 Å². The number of rotatable bonds is 6. The number of nitrogens with zero attached hydrogens (tertiary/aromatic N) is 3. The Kier molecular flexibility index (Phi) is 4.45. The monoisotopic (exact) mass is 241 g/mol. The van der Waals surface area contributed by atoms with E-state index in [2.05, 4.69) is 10.4 Å². The fourth-order valence-electron chi connectivity index (χ4n) is 1.57. The summed E-state index contributed by atoms with van der Waals surface area (Å²) < 4.78 is 1.59. The van der Waals surface area contributed by atoms with Gasteiger partial charge in [0, 0.05) is 19.1 Å². The molecule has 17 heavy (non-hydrogen) atoms. The van der Waals surface area contributed by atoms with Crippen molar-refractivity contribution in [3.8, 4) is 0 Å². The van der Waals surface area contributed by atoms with Crippen LogP contribution in [0.4, 0.5) is 11.5 Å². The highest BCUT2D eigenvalue weighted by atomic mass is 16.6. The summed E-state index contributed by atoms with van der Waals surface area (Å²) in [7, 11) is 0. The molecular formula is C10H19N5O2. The van der Waals surface area contributed by atoms with Gasteiger partial charge in [-0.05, 0) is 20.3 Å². The molecule has 7 nitrogen and oxygen atoms in total. The molecular weight excluding hydrogens is 222 g/mol. The molecule has 96 valence electrons. The molecule has 1 rings (SSSR count). The number of anilines is 1. The second-order valence-corrected chi connectivity index (χ2v) is 3.90. The number of nitrogens with two attached hydrogens (primary N) is 1. The lowest BCUT2D eigenvalue weighted by molar-refractivity contribution is -0.384. The first-order valence-electron chi connectivity index (χ1n) is 5.72. The molecule has 0 aliphatic heterocycles. The second-order valence-electron chi connectivity index (χ2n) is 3.90. The van der Waals surface area contributed by atoms with Gasteiger partial charge < -0.3 is 11.1 Å². The maximum absolute atomic E-state index is 11.0. The van der Waals surface area contributed by atoms with Crippen molar-refractivity contribution in [1.29, 1.82) is 0 Å².